The lowest BCUT2D eigenvalue weighted by Gasteiger charge is -2.16. The van der Waals surface area contributed by atoms with Crippen LogP contribution in [0.2, 0.25) is 0 Å². The Balaban J connectivity index is 2.36. The molecule has 0 saturated carbocycles. The second-order valence-electron chi connectivity index (χ2n) is 4.83. The second-order valence-corrected chi connectivity index (χ2v) is 4.83. The SMILES string of the molecule is Cc1ccc(OCCC(=O)N(C)CCC(=O)O)c(C)c1. The van der Waals surface area contributed by atoms with Crippen LogP contribution in [0.3, 0.4) is 0 Å². The number of benzene rings is 1. The Labute approximate surface area is 119 Å². The van der Waals surface area contributed by atoms with Crippen molar-refractivity contribution in [1.82, 2.24) is 4.90 Å². The number of hydrogen-bond donors (Lipinski definition) is 1. The Kier molecular flexibility index (Phi) is 6.03. The highest BCUT2D eigenvalue weighted by molar-refractivity contribution is 5.76. The van der Waals surface area contributed by atoms with Gasteiger partial charge < -0.3 is 14.7 Å². The molecule has 20 heavy (non-hydrogen) atoms. The molecule has 0 aliphatic heterocycles. The number of aliphatic carboxylic acids is 1. The zero-order chi connectivity index (χ0) is 15.1. The molecule has 0 saturated heterocycles. The number of aryl methyl sites for hydroxylation is 2. The third-order valence-corrected chi connectivity index (χ3v) is 2.99. The van der Waals surface area contributed by atoms with Crippen LogP contribution in [-0.2, 0) is 9.59 Å². The van der Waals surface area contributed by atoms with Gasteiger partial charge in [-0.2, -0.15) is 0 Å². The molecular weight excluding hydrogens is 258 g/mol. The first-order valence-electron chi connectivity index (χ1n) is 6.56. The summed E-state index contributed by atoms with van der Waals surface area (Å²) in [5.74, 6) is -0.246. The van der Waals surface area contributed by atoms with Gasteiger partial charge in [0.05, 0.1) is 19.4 Å². The molecule has 1 amide bonds. The molecule has 0 aliphatic rings. The fourth-order valence-electron chi connectivity index (χ4n) is 1.79. The lowest BCUT2D eigenvalue weighted by Crippen LogP contribution is -2.30. The molecule has 5 nitrogen and oxygen atoms in total. The molecule has 0 spiro atoms. The van der Waals surface area contributed by atoms with Gasteiger partial charge in [-0.15, -0.1) is 0 Å². The quantitative estimate of drug-likeness (QED) is 0.829. The van der Waals surface area contributed by atoms with Crippen molar-refractivity contribution in [3.63, 3.8) is 0 Å². The minimum atomic E-state index is -0.906. The van der Waals surface area contributed by atoms with Crippen molar-refractivity contribution in [2.45, 2.75) is 26.7 Å². The fourth-order valence-corrected chi connectivity index (χ4v) is 1.79. The molecule has 110 valence electrons. The van der Waals surface area contributed by atoms with Gasteiger partial charge in [0, 0.05) is 13.6 Å². The Morgan fingerprint density at radius 1 is 1.25 bits per heavy atom. The molecule has 1 N–H and O–H groups in total. The predicted molar refractivity (Wildman–Crippen MR) is 75.9 cm³/mol. The summed E-state index contributed by atoms with van der Waals surface area (Å²) >= 11 is 0. The number of carbonyl (C=O) groups is 2. The Morgan fingerprint density at radius 3 is 2.55 bits per heavy atom. The minimum Gasteiger partial charge on any atom is -0.493 e. The predicted octanol–water partition coefficient (Wildman–Crippen LogP) is 2.01. The van der Waals surface area contributed by atoms with Gasteiger partial charge in [-0.25, -0.2) is 0 Å². The Hall–Kier alpha value is -2.04. The lowest BCUT2D eigenvalue weighted by atomic mass is 10.1. The van der Waals surface area contributed by atoms with Gasteiger partial charge in [0.25, 0.3) is 0 Å². The fraction of sp³-hybridized carbons (Fsp3) is 0.467. The molecule has 0 radical (unpaired) electrons. The van der Waals surface area contributed by atoms with Crippen molar-refractivity contribution < 1.29 is 19.4 Å². The zero-order valence-electron chi connectivity index (χ0n) is 12.2. The average Bonchev–Trinajstić information content (AvgIpc) is 2.38. The summed E-state index contributed by atoms with van der Waals surface area (Å²) in [6.07, 6.45) is 0.198. The number of rotatable bonds is 7. The topological polar surface area (TPSA) is 66.8 Å². The molecule has 0 atom stereocenters. The summed E-state index contributed by atoms with van der Waals surface area (Å²) in [4.78, 5) is 23.6. The first-order chi connectivity index (χ1) is 9.40. The van der Waals surface area contributed by atoms with Crippen molar-refractivity contribution in [1.29, 1.82) is 0 Å². The molecule has 0 heterocycles. The molecule has 1 aromatic carbocycles. The second kappa shape index (κ2) is 7.53. The first kappa shape index (κ1) is 16.0. The van der Waals surface area contributed by atoms with Gasteiger partial charge in [-0.05, 0) is 25.5 Å². The van der Waals surface area contributed by atoms with E-state index in [4.69, 9.17) is 9.84 Å². The van der Waals surface area contributed by atoms with Crippen LogP contribution in [-0.4, -0.2) is 42.1 Å². The minimum absolute atomic E-state index is 0.0415. The number of ether oxygens (including phenoxy) is 1. The normalized spacial score (nSPS) is 10.2. The van der Waals surface area contributed by atoms with E-state index in [1.54, 1.807) is 7.05 Å². The van der Waals surface area contributed by atoms with Gasteiger partial charge in [0.1, 0.15) is 5.75 Å². The van der Waals surface area contributed by atoms with Crippen LogP contribution in [0, 0.1) is 13.8 Å². The zero-order valence-corrected chi connectivity index (χ0v) is 12.2. The van der Waals surface area contributed by atoms with Gasteiger partial charge >= 0.3 is 5.97 Å². The Bertz CT molecular complexity index is 485. The monoisotopic (exact) mass is 279 g/mol. The molecule has 0 aromatic heterocycles. The number of hydrogen-bond acceptors (Lipinski definition) is 3. The molecule has 0 aliphatic carbocycles. The van der Waals surface area contributed by atoms with Crippen LogP contribution in [0.5, 0.6) is 5.75 Å². The summed E-state index contributed by atoms with van der Waals surface area (Å²) in [5.41, 5.74) is 2.20. The lowest BCUT2D eigenvalue weighted by molar-refractivity contribution is -0.138. The van der Waals surface area contributed by atoms with E-state index in [0.717, 1.165) is 11.3 Å². The van der Waals surface area contributed by atoms with Gasteiger partial charge in [0.15, 0.2) is 0 Å². The maximum absolute atomic E-state index is 11.7. The van der Waals surface area contributed by atoms with Crippen molar-refractivity contribution in [2.75, 3.05) is 20.2 Å². The van der Waals surface area contributed by atoms with Gasteiger partial charge in [-0.1, -0.05) is 17.7 Å². The number of carboxylic acid groups (broad SMARTS) is 1. The summed E-state index contributed by atoms with van der Waals surface area (Å²) < 4.78 is 5.57. The van der Waals surface area contributed by atoms with Crippen LogP contribution in [0.1, 0.15) is 24.0 Å². The van der Waals surface area contributed by atoms with Crippen LogP contribution >= 0.6 is 0 Å². The molecule has 1 rings (SSSR count). The maximum atomic E-state index is 11.7. The standard InChI is InChI=1S/C15H21NO4/c1-11-4-5-13(12(2)10-11)20-9-7-14(17)16(3)8-6-15(18)19/h4-5,10H,6-9H2,1-3H3,(H,18,19). The third kappa shape index (κ3) is 5.30. The van der Waals surface area contributed by atoms with Crippen LogP contribution in [0.25, 0.3) is 0 Å². The van der Waals surface area contributed by atoms with E-state index in [9.17, 15) is 9.59 Å². The Morgan fingerprint density at radius 2 is 1.95 bits per heavy atom. The third-order valence-electron chi connectivity index (χ3n) is 2.99. The van der Waals surface area contributed by atoms with Crippen molar-refractivity contribution in [3.05, 3.63) is 29.3 Å². The molecular formula is C15H21NO4. The smallest absolute Gasteiger partial charge is 0.305 e. The molecule has 0 unspecified atom stereocenters. The molecule has 1 aromatic rings. The summed E-state index contributed by atoms with van der Waals surface area (Å²) in [7, 11) is 1.60. The number of carboxylic acids is 1. The van der Waals surface area contributed by atoms with E-state index >= 15 is 0 Å². The highest BCUT2D eigenvalue weighted by atomic mass is 16.5. The maximum Gasteiger partial charge on any atom is 0.305 e. The van der Waals surface area contributed by atoms with Gasteiger partial charge in [-0.3, -0.25) is 9.59 Å². The number of carbonyl (C=O) groups excluding carboxylic acids is 1. The van der Waals surface area contributed by atoms with E-state index in [2.05, 4.69) is 0 Å². The number of amides is 1. The van der Waals surface area contributed by atoms with Gasteiger partial charge in [0.2, 0.25) is 5.91 Å². The van der Waals surface area contributed by atoms with Crippen LogP contribution < -0.4 is 4.74 Å². The van der Waals surface area contributed by atoms with Crippen LogP contribution in [0.4, 0.5) is 0 Å². The van der Waals surface area contributed by atoms with Crippen molar-refractivity contribution in [3.8, 4) is 5.75 Å². The molecule has 0 bridgehead atoms. The van der Waals surface area contributed by atoms with Crippen LogP contribution in [0.15, 0.2) is 18.2 Å². The number of nitrogens with zero attached hydrogens (tertiary/aromatic N) is 1. The molecule has 0 fully saturated rings. The largest absolute Gasteiger partial charge is 0.493 e. The summed E-state index contributed by atoms with van der Waals surface area (Å²) in [5, 5.41) is 8.56. The summed E-state index contributed by atoms with van der Waals surface area (Å²) in [6.45, 7) is 4.48. The highest BCUT2D eigenvalue weighted by Crippen LogP contribution is 2.18. The van der Waals surface area contributed by atoms with Crippen molar-refractivity contribution >= 4 is 11.9 Å². The average molecular weight is 279 g/mol. The highest BCUT2D eigenvalue weighted by Gasteiger charge is 2.10. The van der Waals surface area contributed by atoms with E-state index in [-0.39, 0.29) is 25.3 Å². The molecule has 5 heteroatoms. The van der Waals surface area contributed by atoms with E-state index < -0.39 is 5.97 Å². The van der Waals surface area contributed by atoms with E-state index in [0.29, 0.717) is 6.61 Å². The van der Waals surface area contributed by atoms with E-state index in [1.165, 1.54) is 10.5 Å². The first-order valence-corrected chi connectivity index (χ1v) is 6.56. The van der Waals surface area contributed by atoms with Crippen molar-refractivity contribution in [2.24, 2.45) is 0 Å². The summed E-state index contributed by atoms with van der Waals surface area (Å²) in [6, 6.07) is 5.88. The van der Waals surface area contributed by atoms with E-state index in [1.807, 2.05) is 32.0 Å².